The van der Waals surface area contributed by atoms with Gasteiger partial charge in [-0.25, -0.2) is 9.97 Å². The lowest BCUT2D eigenvalue weighted by Gasteiger charge is -2.30. The molecular weight excluding hydrogens is 455 g/mol. The fourth-order valence-electron chi connectivity index (χ4n) is 3.08. The second-order valence-electron chi connectivity index (χ2n) is 6.43. The van der Waals surface area contributed by atoms with E-state index in [0.29, 0.717) is 11.8 Å². The van der Waals surface area contributed by atoms with E-state index in [1.807, 2.05) is 26.0 Å². The zero-order valence-corrected chi connectivity index (χ0v) is 17.4. The van der Waals surface area contributed by atoms with Crippen LogP contribution in [0.1, 0.15) is 11.4 Å². The normalized spacial score (nSPS) is 14.4. The Bertz CT molecular complexity index is 948. The van der Waals surface area contributed by atoms with Gasteiger partial charge in [0.15, 0.2) is 5.82 Å². The number of anilines is 3. The molecule has 0 amide bonds. The summed E-state index contributed by atoms with van der Waals surface area (Å²) in [6.45, 7) is 7.65. The van der Waals surface area contributed by atoms with Gasteiger partial charge >= 0.3 is 0 Å². The van der Waals surface area contributed by atoms with E-state index in [1.165, 1.54) is 0 Å². The lowest BCUT2D eigenvalue weighted by molar-refractivity contribution is 0.584. The van der Waals surface area contributed by atoms with Crippen molar-refractivity contribution in [1.29, 1.82) is 0 Å². The van der Waals surface area contributed by atoms with Gasteiger partial charge in [0.05, 0.1) is 0 Å². The maximum absolute atomic E-state index is 4.93. The average molecular weight is 476 g/mol. The number of aromatic amines is 1. The molecule has 0 unspecified atom stereocenters. The zero-order valence-electron chi connectivity index (χ0n) is 15.3. The highest BCUT2D eigenvalue weighted by Gasteiger charge is 2.20. The van der Waals surface area contributed by atoms with Crippen molar-refractivity contribution < 1.29 is 0 Å². The summed E-state index contributed by atoms with van der Waals surface area (Å²) in [5.74, 6) is 3.65. The molecule has 3 aromatic rings. The first-order chi connectivity index (χ1) is 13.1. The van der Waals surface area contributed by atoms with E-state index in [-0.39, 0.29) is 0 Å². The first kappa shape index (κ1) is 18.1. The monoisotopic (exact) mass is 476 g/mol. The molecule has 2 aromatic heterocycles. The number of rotatable bonds is 4. The fourth-order valence-corrected chi connectivity index (χ4v) is 3.71. The van der Waals surface area contributed by atoms with Crippen LogP contribution in [0, 0.1) is 17.4 Å². The van der Waals surface area contributed by atoms with Gasteiger partial charge < -0.3 is 15.5 Å². The topological polar surface area (TPSA) is 94.7 Å². The summed E-state index contributed by atoms with van der Waals surface area (Å²) >= 11 is 2.32. The van der Waals surface area contributed by atoms with Gasteiger partial charge in [-0.05, 0) is 42.5 Å². The van der Waals surface area contributed by atoms with Gasteiger partial charge in [-0.3, -0.25) is 5.10 Å². The molecule has 1 fully saturated rings. The van der Waals surface area contributed by atoms with Gasteiger partial charge in [0.2, 0.25) is 5.95 Å². The summed E-state index contributed by atoms with van der Waals surface area (Å²) in [6, 6.07) is 8.15. The number of aromatic nitrogens is 5. The maximum atomic E-state index is 4.93. The van der Waals surface area contributed by atoms with Crippen molar-refractivity contribution in [3.63, 3.8) is 0 Å². The number of nitrogens with one attached hydrogen (secondary N) is 3. The SMILES string of the molecule is Cc1nc(Nc2nc(-c3ccccc3I)nc(N3CCNCC3)c2C)n[nH]1. The van der Waals surface area contributed by atoms with Crippen LogP contribution < -0.4 is 15.5 Å². The lowest BCUT2D eigenvalue weighted by atomic mass is 10.2. The Hall–Kier alpha value is -2.27. The number of halogens is 1. The molecule has 1 aliphatic heterocycles. The van der Waals surface area contributed by atoms with Crippen LogP contribution in [-0.4, -0.2) is 51.3 Å². The average Bonchev–Trinajstić information content (AvgIpc) is 3.09. The fraction of sp³-hybridized carbons (Fsp3) is 0.333. The molecule has 9 heteroatoms. The molecule has 0 atom stereocenters. The van der Waals surface area contributed by atoms with Crippen LogP contribution in [0.5, 0.6) is 0 Å². The Morgan fingerprint density at radius 2 is 1.85 bits per heavy atom. The minimum Gasteiger partial charge on any atom is -0.354 e. The Morgan fingerprint density at radius 1 is 1.07 bits per heavy atom. The van der Waals surface area contributed by atoms with E-state index in [2.05, 4.69) is 65.4 Å². The third-order valence-electron chi connectivity index (χ3n) is 4.48. The van der Waals surface area contributed by atoms with Crippen molar-refractivity contribution in [2.75, 3.05) is 36.4 Å². The van der Waals surface area contributed by atoms with E-state index in [9.17, 15) is 0 Å². The Kier molecular flexibility index (Phi) is 5.21. The number of hydrogen-bond donors (Lipinski definition) is 3. The molecule has 3 heterocycles. The first-order valence-corrected chi connectivity index (χ1v) is 9.95. The molecule has 3 N–H and O–H groups in total. The largest absolute Gasteiger partial charge is 0.354 e. The third kappa shape index (κ3) is 3.88. The minimum absolute atomic E-state index is 0.509. The van der Waals surface area contributed by atoms with Gasteiger partial charge in [-0.2, -0.15) is 4.98 Å². The molecule has 1 aromatic carbocycles. The summed E-state index contributed by atoms with van der Waals surface area (Å²) < 4.78 is 1.12. The number of H-pyrrole nitrogens is 1. The molecule has 0 bridgehead atoms. The lowest BCUT2D eigenvalue weighted by Crippen LogP contribution is -2.44. The highest BCUT2D eigenvalue weighted by atomic mass is 127. The van der Waals surface area contributed by atoms with Crippen molar-refractivity contribution in [1.82, 2.24) is 30.5 Å². The molecule has 4 rings (SSSR count). The number of benzene rings is 1. The predicted octanol–water partition coefficient (Wildman–Crippen LogP) is 2.64. The molecule has 8 nitrogen and oxygen atoms in total. The van der Waals surface area contributed by atoms with Crippen LogP contribution in [0.3, 0.4) is 0 Å². The summed E-state index contributed by atoms with van der Waals surface area (Å²) in [4.78, 5) is 16.4. The number of hydrogen-bond acceptors (Lipinski definition) is 7. The maximum Gasteiger partial charge on any atom is 0.247 e. The second kappa shape index (κ2) is 7.77. The van der Waals surface area contributed by atoms with Gasteiger partial charge in [-0.15, -0.1) is 5.10 Å². The van der Waals surface area contributed by atoms with Crippen LogP contribution in [0.15, 0.2) is 24.3 Å². The molecule has 27 heavy (non-hydrogen) atoms. The van der Waals surface area contributed by atoms with E-state index in [0.717, 1.165) is 58.3 Å². The minimum atomic E-state index is 0.509. The van der Waals surface area contributed by atoms with Crippen molar-refractivity contribution in [3.05, 3.63) is 39.2 Å². The zero-order chi connectivity index (χ0) is 18.8. The van der Waals surface area contributed by atoms with Crippen LogP contribution >= 0.6 is 22.6 Å². The van der Waals surface area contributed by atoms with E-state index < -0.39 is 0 Å². The summed E-state index contributed by atoms with van der Waals surface area (Å²) in [5, 5.41) is 13.7. The van der Waals surface area contributed by atoms with Crippen molar-refractivity contribution in [3.8, 4) is 11.4 Å². The predicted molar refractivity (Wildman–Crippen MR) is 114 cm³/mol. The molecule has 0 saturated carbocycles. The second-order valence-corrected chi connectivity index (χ2v) is 7.59. The smallest absolute Gasteiger partial charge is 0.247 e. The van der Waals surface area contributed by atoms with Crippen molar-refractivity contribution in [2.45, 2.75) is 13.8 Å². The molecule has 1 aliphatic rings. The van der Waals surface area contributed by atoms with Gasteiger partial charge in [0, 0.05) is 40.9 Å². The van der Waals surface area contributed by atoms with E-state index >= 15 is 0 Å². The molecular formula is C18H21IN8. The van der Waals surface area contributed by atoms with Crippen molar-refractivity contribution in [2.24, 2.45) is 0 Å². The highest BCUT2D eigenvalue weighted by molar-refractivity contribution is 14.1. The number of piperazine rings is 1. The third-order valence-corrected chi connectivity index (χ3v) is 5.42. The summed E-state index contributed by atoms with van der Waals surface area (Å²) in [7, 11) is 0. The van der Waals surface area contributed by atoms with Crippen molar-refractivity contribution >= 4 is 40.2 Å². The molecule has 1 saturated heterocycles. The van der Waals surface area contributed by atoms with E-state index in [1.54, 1.807) is 0 Å². The van der Waals surface area contributed by atoms with Crippen LogP contribution in [0.4, 0.5) is 17.6 Å². The van der Waals surface area contributed by atoms with E-state index in [4.69, 9.17) is 9.97 Å². The van der Waals surface area contributed by atoms with Crippen LogP contribution in [0.25, 0.3) is 11.4 Å². The van der Waals surface area contributed by atoms with Gasteiger partial charge in [0.25, 0.3) is 0 Å². The molecule has 0 aliphatic carbocycles. The van der Waals surface area contributed by atoms with Crippen LogP contribution in [0.2, 0.25) is 0 Å². The Morgan fingerprint density at radius 3 is 2.56 bits per heavy atom. The van der Waals surface area contributed by atoms with Gasteiger partial charge in [-0.1, -0.05) is 18.2 Å². The summed E-state index contributed by atoms with van der Waals surface area (Å²) in [6.07, 6.45) is 0. The highest BCUT2D eigenvalue weighted by Crippen LogP contribution is 2.30. The summed E-state index contributed by atoms with van der Waals surface area (Å²) in [5.41, 5.74) is 2.01. The standard InChI is InChI=1S/C18H21IN8/c1-11-15(24-18-21-12(2)25-26-18)22-16(13-5-3-4-6-14(13)19)23-17(11)27-9-7-20-8-10-27/h3-6,20H,7-10H2,1-2H3,(H2,21,22,23,24,25,26). The quantitative estimate of drug-likeness (QED) is 0.499. The Balaban J connectivity index is 1.81. The number of aryl methyl sites for hydroxylation is 1. The molecule has 140 valence electrons. The molecule has 0 radical (unpaired) electrons. The van der Waals surface area contributed by atoms with Gasteiger partial charge in [0.1, 0.15) is 17.5 Å². The first-order valence-electron chi connectivity index (χ1n) is 8.87. The van der Waals surface area contributed by atoms with Crippen LogP contribution in [-0.2, 0) is 0 Å². The molecule has 0 spiro atoms. The number of nitrogens with zero attached hydrogens (tertiary/aromatic N) is 5. The Labute approximate surface area is 171 Å².